The molecule has 74 valence electrons. The molecule has 0 unspecified atom stereocenters. The molecule has 14 heavy (non-hydrogen) atoms. The van der Waals surface area contributed by atoms with Gasteiger partial charge in [-0.1, -0.05) is 35.8 Å². The Bertz CT molecular complexity index is 447. The Labute approximate surface area is 91.5 Å². The molecule has 2 nitrogen and oxygen atoms in total. The van der Waals surface area contributed by atoms with Crippen LogP contribution in [0.15, 0.2) is 22.6 Å². The van der Waals surface area contributed by atoms with Crippen LogP contribution in [-0.2, 0) is 5.33 Å². The number of fused-ring (bicyclic) bond motifs is 1. The number of benzene rings is 1. The van der Waals surface area contributed by atoms with Crippen molar-refractivity contribution in [3.8, 4) is 0 Å². The Hall–Kier alpha value is -0.830. The van der Waals surface area contributed by atoms with Gasteiger partial charge >= 0.3 is 0 Å². The fourth-order valence-electron chi connectivity index (χ4n) is 1.32. The van der Waals surface area contributed by atoms with Gasteiger partial charge in [-0.15, -0.1) is 0 Å². The summed E-state index contributed by atoms with van der Waals surface area (Å²) in [5, 5.41) is 0.854. The predicted molar refractivity (Wildman–Crippen MR) is 60.7 cm³/mol. The van der Waals surface area contributed by atoms with Crippen LogP contribution in [0, 0.1) is 0 Å². The molecule has 0 N–H and O–H groups in total. The first-order chi connectivity index (χ1) is 6.70. The lowest BCUT2D eigenvalue weighted by Gasteiger charge is -1.93. The minimum absolute atomic E-state index is 0.342. The Balaban J connectivity index is 2.54. The summed E-state index contributed by atoms with van der Waals surface area (Å²) in [4.78, 5) is 4.43. The standard InChI is InChI=1S/C11H12BrNO/c1-7(2)11-13-9-5-8(6-12)3-4-10(9)14-11/h3-5,7H,6H2,1-2H3. The normalized spacial score (nSPS) is 11.4. The number of alkyl halides is 1. The van der Waals surface area contributed by atoms with E-state index < -0.39 is 0 Å². The fraction of sp³-hybridized carbons (Fsp3) is 0.364. The highest BCUT2D eigenvalue weighted by molar-refractivity contribution is 9.08. The van der Waals surface area contributed by atoms with Crippen molar-refractivity contribution in [1.29, 1.82) is 0 Å². The van der Waals surface area contributed by atoms with Gasteiger partial charge in [0.05, 0.1) is 0 Å². The third kappa shape index (κ3) is 1.69. The second-order valence-corrected chi connectivity index (χ2v) is 4.20. The topological polar surface area (TPSA) is 26.0 Å². The molecule has 0 amide bonds. The minimum atomic E-state index is 0.342. The van der Waals surface area contributed by atoms with Crippen molar-refractivity contribution >= 4 is 27.0 Å². The molecular formula is C11H12BrNO. The average Bonchev–Trinajstić information content (AvgIpc) is 2.59. The summed E-state index contributed by atoms with van der Waals surface area (Å²) in [6.07, 6.45) is 0. The molecule has 3 heteroatoms. The third-order valence-electron chi connectivity index (χ3n) is 2.12. The van der Waals surface area contributed by atoms with E-state index in [9.17, 15) is 0 Å². The Morgan fingerprint density at radius 1 is 1.43 bits per heavy atom. The van der Waals surface area contributed by atoms with Crippen LogP contribution in [0.2, 0.25) is 0 Å². The molecule has 1 aromatic carbocycles. The van der Waals surface area contributed by atoms with E-state index in [0.717, 1.165) is 22.3 Å². The van der Waals surface area contributed by atoms with E-state index >= 15 is 0 Å². The molecule has 0 atom stereocenters. The first-order valence-corrected chi connectivity index (χ1v) is 5.78. The van der Waals surface area contributed by atoms with Crippen LogP contribution < -0.4 is 0 Å². The van der Waals surface area contributed by atoms with E-state index in [1.165, 1.54) is 5.56 Å². The molecule has 0 bridgehead atoms. The first kappa shape index (κ1) is 9.71. The van der Waals surface area contributed by atoms with E-state index in [4.69, 9.17) is 4.42 Å². The first-order valence-electron chi connectivity index (χ1n) is 4.66. The lowest BCUT2D eigenvalue weighted by atomic mass is 10.2. The van der Waals surface area contributed by atoms with Crippen molar-refractivity contribution in [1.82, 2.24) is 4.98 Å². The van der Waals surface area contributed by atoms with Gasteiger partial charge in [-0.25, -0.2) is 4.98 Å². The summed E-state index contributed by atoms with van der Waals surface area (Å²) in [6.45, 7) is 4.16. The molecule has 0 aliphatic carbocycles. The highest BCUT2D eigenvalue weighted by Gasteiger charge is 2.08. The molecule has 2 rings (SSSR count). The Morgan fingerprint density at radius 2 is 2.21 bits per heavy atom. The Kier molecular flexibility index (Phi) is 2.59. The number of nitrogens with zero attached hydrogens (tertiary/aromatic N) is 1. The molecule has 0 saturated heterocycles. The van der Waals surface area contributed by atoms with Crippen LogP contribution in [0.5, 0.6) is 0 Å². The molecular weight excluding hydrogens is 242 g/mol. The van der Waals surface area contributed by atoms with Gasteiger partial charge in [0.15, 0.2) is 11.5 Å². The molecule has 0 aliphatic heterocycles. The summed E-state index contributed by atoms with van der Waals surface area (Å²) in [7, 11) is 0. The van der Waals surface area contributed by atoms with Crippen molar-refractivity contribution < 1.29 is 4.42 Å². The summed E-state index contributed by atoms with van der Waals surface area (Å²) in [5.41, 5.74) is 3.05. The maximum absolute atomic E-state index is 5.60. The van der Waals surface area contributed by atoms with Crippen molar-refractivity contribution in [3.05, 3.63) is 29.7 Å². The van der Waals surface area contributed by atoms with E-state index in [-0.39, 0.29) is 0 Å². The van der Waals surface area contributed by atoms with E-state index in [0.29, 0.717) is 5.92 Å². The van der Waals surface area contributed by atoms with Crippen LogP contribution in [0.4, 0.5) is 0 Å². The number of hydrogen-bond acceptors (Lipinski definition) is 2. The van der Waals surface area contributed by atoms with Crippen LogP contribution in [0.1, 0.15) is 31.2 Å². The molecule has 2 aromatic rings. The van der Waals surface area contributed by atoms with Crippen LogP contribution >= 0.6 is 15.9 Å². The van der Waals surface area contributed by atoms with E-state index in [1.54, 1.807) is 0 Å². The largest absolute Gasteiger partial charge is 0.440 e. The average molecular weight is 254 g/mol. The SMILES string of the molecule is CC(C)c1nc2cc(CBr)ccc2o1. The smallest absolute Gasteiger partial charge is 0.198 e. The molecule has 0 aliphatic rings. The van der Waals surface area contributed by atoms with Gasteiger partial charge in [-0.05, 0) is 17.7 Å². The third-order valence-corrected chi connectivity index (χ3v) is 2.76. The minimum Gasteiger partial charge on any atom is -0.440 e. The molecule has 0 fully saturated rings. The quantitative estimate of drug-likeness (QED) is 0.761. The van der Waals surface area contributed by atoms with Crippen molar-refractivity contribution in [2.24, 2.45) is 0 Å². The maximum atomic E-state index is 5.60. The van der Waals surface area contributed by atoms with Crippen LogP contribution in [0.25, 0.3) is 11.1 Å². The van der Waals surface area contributed by atoms with Gasteiger partial charge in [-0.3, -0.25) is 0 Å². The van der Waals surface area contributed by atoms with E-state index in [2.05, 4.69) is 40.8 Å². The van der Waals surface area contributed by atoms with Crippen molar-refractivity contribution in [3.63, 3.8) is 0 Å². The van der Waals surface area contributed by atoms with Crippen LogP contribution in [-0.4, -0.2) is 4.98 Å². The van der Waals surface area contributed by atoms with Crippen LogP contribution in [0.3, 0.4) is 0 Å². The lowest BCUT2D eigenvalue weighted by Crippen LogP contribution is -1.84. The predicted octanol–water partition coefficient (Wildman–Crippen LogP) is 3.85. The Morgan fingerprint density at radius 3 is 2.86 bits per heavy atom. The number of rotatable bonds is 2. The molecule has 1 aromatic heterocycles. The second kappa shape index (κ2) is 3.73. The fourth-order valence-corrected chi connectivity index (χ4v) is 1.67. The number of oxazole rings is 1. The van der Waals surface area contributed by atoms with E-state index in [1.807, 2.05) is 12.1 Å². The number of hydrogen-bond donors (Lipinski definition) is 0. The second-order valence-electron chi connectivity index (χ2n) is 3.64. The van der Waals surface area contributed by atoms with Gasteiger partial charge in [0.2, 0.25) is 0 Å². The van der Waals surface area contributed by atoms with Gasteiger partial charge in [0, 0.05) is 11.2 Å². The number of aromatic nitrogens is 1. The van der Waals surface area contributed by atoms with Crippen molar-refractivity contribution in [2.75, 3.05) is 0 Å². The van der Waals surface area contributed by atoms with Gasteiger partial charge in [-0.2, -0.15) is 0 Å². The summed E-state index contributed by atoms with van der Waals surface area (Å²) in [5.74, 6) is 1.15. The highest BCUT2D eigenvalue weighted by atomic mass is 79.9. The zero-order chi connectivity index (χ0) is 10.1. The summed E-state index contributed by atoms with van der Waals surface area (Å²) >= 11 is 3.42. The lowest BCUT2D eigenvalue weighted by molar-refractivity contribution is 0.501. The van der Waals surface area contributed by atoms with Gasteiger partial charge in [0.25, 0.3) is 0 Å². The maximum Gasteiger partial charge on any atom is 0.198 e. The zero-order valence-electron chi connectivity index (χ0n) is 8.25. The zero-order valence-corrected chi connectivity index (χ0v) is 9.84. The molecule has 1 heterocycles. The molecule has 0 spiro atoms. The molecule has 0 radical (unpaired) electrons. The number of halogens is 1. The van der Waals surface area contributed by atoms with Crippen molar-refractivity contribution in [2.45, 2.75) is 25.1 Å². The summed E-state index contributed by atoms with van der Waals surface area (Å²) < 4.78 is 5.60. The van der Waals surface area contributed by atoms with Gasteiger partial charge in [0.1, 0.15) is 5.52 Å². The van der Waals surface area contributed by atoms with Gasteiger partial charge < -0.3 is 4.42 Å². The summed E-state index contributed by atoms with van der Waals surface area (Å²) in [6, 6.07) is 6.08. The highest BCUT2D eigenvalue weighted by Crippen LogP contribution is 2.22. The molecule has 0 saturated carbocycles. The monoisotopic (exact) mass is 253 g/mol.